The summed E-state index contributed by atoms with van der Waals surface area (Å²) in [6, 6.07) is 4.16. The summed E-state index contributed by atoms with van der Waals surface area (Å²) in [6.07, 6.45) is 5.94. The molecular weight excluding hydrogens is 354 g/mol. The molecule has 1 aromatic rings. The maximum absolute atomic E-state index is 5.93. The van der Waals surface area contributed by atoms with Crippen LogP contribution in [0.15, 0.2) is 54.5 Å². The van der Waals surface area contributed by atoms with Crippen molar-refractivity contribution in [3.8, 4) is 11.5 Å². The van der Waals surface area contributed by atoms with Crippen LogP contribution in [0.4, 0.5) is 0 Å². The lowest BCUT2D eigenvalue weighted by molar-refractivity contribution is 0.170. The smallest absolute Gasteiger partial charge is 0.161 e. The molecular formula is C23H29NO4. The number of allylic oxidation sites excluding steroid dienone is 2. The third-order valence-corrected chi connectivity index (χ3v) is 4.91. The van der Waals surface area contributed by atoms with Gasteiger partial charge in [0.15, 0.2) is 11.5 Å². The van der Waals surface area contributed by atoms with Crippen molar-refractivity contribution in [1.29, 1.82) is 0 Å². The van der Waals surface area contributed by atoms with Crippen LogP contribution in [0, 0.1) is 0 Å². The molecule has 2 heterocycles. The number of fused-ring (bicyclic) bond motifs is 3. The van der Waals surface area contributed by atoms with Crippen molar-refractivity contribution in [3.63, 3.8) is 0 Å². The number of hydrogen-bond donors (Lipinski definition) is 0. The fourth-order valence-electron chi connectivity index (χ4n) is 3.50. The normalized spacial score (nSPS) is 15.2. The maximum Gasteiger partial charge on any atom is 0.161 e. The summed E-state index contributed by atoms with van der Waals surface area (Å²) < 4.78 is 22.2. The van der Waals surface area contributed by atoms with E-state index in [1.807, 2.05) is 6.92 Å². The molecule has 0 saturated heterocycles. The number of rotatable bonds is 9. The van der Waals surface area contributed by atoms with E-state index in [9.17, 15) is 0 Å². The Hall–Kier alpha value is -2.66. The van der Waals surface area contributed by atoms with Crippen LogP contribution in [0.3, 0.4) is 0 Å². The van der Waals surface area contributed by atoms with Gasteiger partial charge < -0.3 is 23.8 Å². The highest BCUT2D eigenvalue weighted by Crippen LogP contribution is 2.41. The molecule has 3 rings (SSSR count). The van der Waals surface area contributed by atoms with Gasteiger partial charge in [-0.05, 0) is 42.7 Å². The molecule has 0 saturated carbocycles. The van der Waals surface area contributed by atoms with Crippen LogP contribution >= 0.6 is 0 Å². The molecule has 1 aromatic carbocycles. The summed E-state index contributed by atoms with van der Waals surface area (Å²) in [6.45, 7) is 12.9. The quantitative estimate of drug-likeness (QED) is 0.469. The Labute approximate surface area is 167 Å². The van der Waals surface area contributed by atoms with Gasteiger partial charge in [-0.1, -0.05) is 13.2 Å². The molecule has 0 atom stereocenters. The number of nitrogens with zero attached hydrogens (tertiary/aromatic N) is 1. The van der Waals surface area contributed by atoms with Gasteiger partial charge in [0, 0.05) is 49.7 Å². The van der Waals surface area contributed by atoms with Crippen LogP contribution in [0.5, 0.6) is 11.5 Å². The van der Waals surface area contributed by atoms with Crippen molar-refractivity contribution in [2.75, 3.05) is 40.6 Å². The molecule has 5 nitrogen and oxygen atoms in total. The molecule has 28 heavy (non-hydrogen) atoms. The summed E-state index contributed by atoms with van der Waals surface area (Å²) in [7, 11) is 3.36. The number of hydrogen-bond acceptors (Lipinski definition) is 5. The van der Waals surface area contributed by atoms with Crippen LogP contribution in [0.2, 0.25) is 0 Å². The first kappa shape index (κ1) is 20.1. The predicted octanol–water partition coefficient (Wildman–Crippen LogP) is 4.31. The van der Waals surface area contributed by atoms with Gasteiger partial charge >= 0.3 is 0 Å². The second-order valence-electron chi connectivity index (χ2n) is 6.75. The van der Waals surface area contributed by atoms with Crippen LogP contribution in [-0.4, -0.2) is 45.5 Å². The van der Waals surface area contributed by atoms with E-state index in [4.69, 9.17) is 18.9 Å². The van der Waals surface area contributed by atoms with E-state index in [0.29, 0.717) is 25.6 Å². The third-order valence-electron chi connectivity index (χ3n) is 4.91. The molecule has 2 aliphatic heterocycles. The Balaban J connectivity index is 1.87. The summed E-state index contributed by atoms with van der Waals surface area (Å²) in [4.78, 5) is 2.23. The number of methoxy groups -OCH3 is 2. The van der Waals surface area contributed by atoms with Gasteiger partial charge in [0.05, 0.1) is 20.3 Å². The van der Waals surface area contributed by atoms with E-state index < -0.39 is 0 Å². The van der Waals surface area contributed by atoms with E-state index in [2.05, 4.69) is 42.5 Å². The Bertz CT molecular complexity index is 822. The lowest BCUT2D eigenvalue weighted by Crippen LogP contribution is -2.28. The van der Waals surface area contributed by atoms with Crippen LogP contribution in [0.1, 0.15) is 24.5 Å². The molecule has 0 spiro atoms. The van der Waals surface area contributed by atoms with E-state index in [1.54, 1.807) is 14.2 Å². The van der Waals surface area contributed by atoms with Crippen LogP contribution < -0.4 is 9.47 Å². The predicted molar refractivity (Wildman–Crippen MR) is 111 cm³/mol. The van der Waals surface area contributed by atoms with Crippen molar-refractivity contribution >= 4 is 5.70 Å². The second-order valence-corrected chi connectivity index (χ2v) is 6.75. The first-order chi connectivity index (χ1) is 13.6. The Kier molecular flexibility index (Phi) is 6.47. The van der Waals surface area contributed by atoms with Crippen molar-refractivity contribution in [1.82, 2.24) is 4.90 Å². The van der Waals surface area contributed by atoms with E-state index in [1.165, 1.54) is 5.56 Å². The first-order valence-electron chi connectivity index (χ1n) is 9.63. The topological polar surface area (TPSA) is 40.2 Å². The van der Waals surface area contributed by atoms with Gasteiger partial charge in [-0.15, -0.1) is 0 Å². The Morgan fingerprint density at radius 1 is 1.18 bits per heavy atom. The molecule has 0 aromatic heterocycles. The van der Waals surface area contributed by atoms with Crippen molar-refractivity contribution in [2.45, 2.75) is 19.8 Å². The largest absolute Gasteiger partial charge is 0.494 e. The molecule has 0 aliphatic carbocycles. The van der Waals surface area contributed by atoms with Crippen molar-refractivity contribution in [2.24, 2.45) is 0 Å². The fourth-order valence-corrected chi connectivity index (χ4v) is 3.50. The molecule has 150 valence electrons. The summed E-state index contributed by atoms with van der Waals surface area (Å²) in [5.74, 6) is 2.17. The van der Waals surface area contributed by atoms with Crippen molar-refractivity contribution < 1.29 is 18.9 Å². The minimum Gasteiger partial charge on any atom is -0.494 e. The minimum atomic E-state index is 0.590. The molecule has 2 aliphatic rings. The number of ether oxygens (including phenoxy) is 4. The molecule has 0 amide bonds. The maximum atomic E-state index is 5.93. The molecule has 5 heteroatoms. The molecule has 0 unspecified atom stereocenters. The van der Waals surface area contributed by atoms with Gasteiger partial charge in [-0.2, -0.15) is 0 Å². The average molecular weight is 383 g/mol. The second kappa shape index (κ2) is 9.02. The SMILES string of the molecule is C=C1C=C2c3cc(OC)c(OCCCOC)cc3CCN2C=C1C(=C)OCC. The zero-order chi connectivity index (χ0) is 20.1. The standard InChI is InChI=1S/C23H29NO4/c1-6-27-17(3)20-15-24-9-8-18-13-23(28-11-7-10-25-4)22(26-5)14-19(18)21(24)12-16(20)2/h12-15H,2-3,6-11H2,1,4-5H3. The zero-order valence-electron chi connectivity index (χ0n) is 17.0. The van der Waals surface area contributed by atoms with Crippen LogP contribution in [0.25, 0.3) is 5.70 Å². The van der Waals surface area contributed by atoms with Gasteiger partial charge in [-0.3, -0.25) is 0 Å². The highest BCUT2D eigenvalue weighted by Gasteiger charge is 2.27. The summed E-state index contributed by atoms with van der Waals surface area (Å²) in [5, 5.41) is 0. The first-order valence-corrected chi connectivity index (χ1v) is 9.63. The van der Waals surface area contributed by atoms with Gasteiger partial charge in [-0.25, -0.2) is 0 Å². The summed E-state index contributed by atoms with van der Waals surface area (Å²) in [5.41, 5.74) is 5.35. The minimum absolute atomic E-state index is 0.590. The Morgan fingerprint density at radius 2 is 2.00 bits per heavy atom. The van der Waals surface area contributed by atoms with E-state index >= 15 is 0 Å². The Morgan fingerprint density at radius 3 is 2.71 bits per heavy atom. The number of benzene rings is 1. The highest BCUT2D eigenvalue weighted by atomic mass is 16.5. The molecule has 0 radical (unpaired) electrons. The van der Waals surface area contributed by atoms with E-state index in [0.717, 1.165) is 53.3 Å². The average Bonchev–Trinajstić information content (AvgIpc) is 2.70. The fraction of sp³-hybridized carbons (Fsp3) is 0.391. The van der Waals surface area contributed by atoms with E-state index in [-0.39, 0.29) is 0 Å². The van der Waals surface area contributed by atoms with Gasteiger partial charge in [0.1, 0.15) is 5.76 Å². The zero-order valence-corrected chi connectivity index (χ0v) is 17.0. The van der Waals surface area contributed by atoms with Crippen molar-refractivity contribution in [3.05, 3.63) is 65.6 Å². The van der Waals surface area contributed by atoms with Gasteiger partial charge in [0.25, 0.3) is 0 Å². The molecule has 0 N–H and O–H groups in total. The monoisotopic (exact) mass is 383 g/mol. The van der Waals surface area contributed by atoms with Crippen LogP contribution in [-0.2, 0) is 15.9 Å². The van der Waals surface area contributed by atoms with Gasteiger partial charge in [0.2, 0.25) is 0 Å². The highest BCUT2D eigenvalue weighted by molar-refractivity contribution is 5.77. The molecule has 0 fully saturated rings. The summed E-state index contributed by atoms with van der Waals surface area (Å²) >= 11 is 0. The molecule has 0 bridgehead atoms. The lowest BCUT2D eigenvalue weighted by Gasteiger charge is -2.35. The third kappa shape index (κ3) is 4.09. The lowest BCUT2D eigenvalue weighted by atomic mass is 9.91.